The van der Waals surface area contributed by atoms with Gasteiger partial charge in [0.15, 0.2) is 0 Å². The van der Waals surface area contributed by atoms with Crippen LogP contribution in [0.15, 0.2) is 66.0 Å². The minimum Gasteiger partial charge on any atom is -0.497 e. The Morgan fingerprint density at radius 3 is 2.68 bits per heavy atom. The van der Waals surface area contributed by atoms with Crippen molar-refractivity contribution in [3.63, 3.8) is 0 Å². The van der Waals surface area contributed by atoms with Gasteiger partial charge in [0.25, 0.3) is 5.91 Å². The standard InChI is InChI=1S/C21H19NO2S/c1-24-17-9-10-18-16(14-17)11-12-22(21(23)19-8-5-13-25-19)20(18)15-6-3-2-4-7-15/h2-10,13-14,20H,11-12H2,1H3. The first-order valence-corrected chi connectivity index (χ1v) is 9.22. The van der Waals surface area contributed by atoms with Gasteiger partial charge in [0.2, 0.25) is 0 Å². The molecule has 3 aromatic rings. The quantitative estimate of drug-likeness (QED) is 0.694. The Morgan fingerprint density at radius 1 is 1.12 bits per heavy atom. The number of nitrogens with zero attached hydrogens (tertiary/aromatic N) is 1. The highest BCUT2D eigenvalue weighted by Gasteiger charge is 2.33. The number of hydrogen-bond acceptors (Lipinski definition) is 3. The molecule has 0 saturated heterocycles. The minimum absolute atomic E-state index is 0.0644. The average molecular weight is 349 g/mol. The highest BCUT2D eigenvalue weighted by atomic mass is 32.1. The molecule has 1 unspecified atom stereocenters. The summed E-state index contributed by atoms with van der Waals surface area (Å²) in [6.45, 7) is 0.705. The first-order chi connectivity index (χ1) is 12.3. The fourth-order valence-corrected chi connectivity index (χ4v) is 4.16. The lowest BCUT2D eigenvalue weighted by molar-refractivity contribution is 0.0699. The number of rotatable bonds is 3. The van der Waals surface area contributed by atoms with Gasteiger partial charge in [0.1, 0.15) is 5.75 Å². The summed E-state index contributed by atoms with van der Waals surface area (Å²) in [7, 11) is 1.69. The molecule has 4 heteroatoms. The lowest BCUT2D eigenvalue weighted by Crippen LogP contribution is -2.40. The van der Waals surface area contributed by atoms with Crippen LogP contribution in [-0.4, -0.2) is 24.5 Å². The molecule has 0 N–H and O–H groups in total. The summed E-state index contributed by atoms with van der Waals surface area (Å²) in [5, 5.41) is 1.95. The lowest BCUT2D eigenvalue weighted by Gasteiger charge is -2.37. The summed E-state index contributed by atoms with van der Waals surface area (Å²) < 4.78 is 5.38. The molecule has 0 saturated carbocycles. The molecule has 2 aromatic carbocycles. The zero-order valence-electron chi connectivity index (χ0n) is 14.0. The predicted octanol–water partition coefficient (Wildman–Crippen LogP) is 4.54. The van der Waals surface area contributed by atoms with Gasteiger partial charge >= 0.3 is 0 Å². The fourth-order valence-electron chi connectivity index (χ4n) is 3.49. The number of benzene rings is 2. The molecule has 1 aliphatic heterocycles. The molecular formula is C21H19NO2S. The van der Waals surface area contributed by atoms with E-state index in [0.717, 1.165) is 22.6 Å². The molecule has 126 valence electrons. The van der Waals surface area contributed by atoms with E-state index < -0.39 is 0 Å². The maximum absolute atomic E-state index is 13.1. The Hall–Kier alpha value is -2.59. The van der Waals surface area contributed by atoms with Crippen LogP contribution in [0.5, 0.6) is 5.75 Å². The second kappa shape index (κ2) is 6.73. The molecule has 4 rings (SSSR count). The zero-order valence-corrected chi connectivity index (χ0v) is 14.8. The maximum Gasteiger partial charge on any atom is 0.264 e. The third-order valence-electron chi connectivity index (χ3n) is 4.69. The van der Waals surface area contributed by atoms with Crippen molar-refractivity contribution in [2.75, 3.05) is 13.7 Å². The van der Waals surface area contributed by atoms with Gasteiger partial charge in [-0.15, -0.1) is 11.3 Å². The van der Waals surface area contributed by atoms with E-state index in [0.29, 0.717) is 6.54 Å². The second-order valence-electron chi connectivity index (χ2n) is 6.10. The van der Waals surface area contributed by atoms with Gasteiger partial charge in [-0.25, -0.2) is 0 Å². The number of methoxy groups -OCH3 is 1. The van der Waals surface area contributed by atoms with Crippen molar-refractivity contribution in [1.29, 1.82) is 0 Å². The fraction of sp³-hybridized carbons (Fsp3) is 0.190. The van der Waals surface area contributed by atoms with Gasteiger partial charge in [-0.05, 0) is 46.7 Å². The summed E-state index contributed by atoms with van der Waals surface area (Å²) in [6, 6.07) is 20.2. The van der Waals surface area contributed by atoms with E-state index in [9.17, 15) is 4.79 Å². The Morgan fingerprint density at radius 2 is 1.96 bits per heavy atom. The topological polar surface area (TPSA) is 29.5 Å². The van der Waals surface area contributed by atoms with Gasteiger partial charge < -0.3 is 9.64 Å². The predicted molar refractivity (Wildman–Crippen MR) is 100 cm³/mol. The Labute approximate surface area is 151 Å². The van der Waals surface area contributed by atoms with Crippen LogP contribution < -0.4 is 4.74 Å². The summed E-state index contributed by atoms with van der Waals surface area (Å²) in [6.07, 6.45) is 0.840. The maximum atomic E-state index is 13.1. The Bertz CT molecular complexity index is 874. The van der Waals surface area contributed by atoms with Crippen molar-refractivity contribution in [2.24, 2.45) is 0 Å². The molecular weight excluding hydrogens is 330 g/mol. The van der Waals surface area contributed by atoms with E-state index in [1.807, 2.05) is 46.7 Å². The van der Waals surface area contributed by atoms with Gasteiger partial charge in [0, 0.05) is 6.54 Å². The van der Waals surface area contributed by atoms with Crippen molar-refractivity contribution in [2.45, 2.75) is 12.5 Å². The Kier molecular flexibility index (Phi) is 4.28. The summed E-state index contributed by atoms with van der Waals surface area (Å²) >= 11 is 1.50. The SMILES string of the molecule is COc1ccc2c(c1)CCN(C(=O)c1cccs1)C2c1ccccc1. The smallest absolute Gasteiger partial charge is 0.264 e. The number of ether oxygens (including phenoxy) is 1. The van der Waals surface area contributed by atoms with Crippen LogP contribution in [-0.2, 0) is 6.42 Å². The normalized spacial score (nSPS) is 16.4. The molecule has 0 fully saturated rings. The summed E-state index contributed by atoms with van der Waals surface area (Å²) in [4.78, 5) is 15.9. The number of hydrogen-bond donors (Lipinski definition) is 0. The van der Waals surface area contributed by atoms with E-state index in [1.54, 1.807) is 7.11 Å². The van der Waals surface area contributed by atoms with Crippen molar-refractivity contribution in [3.8, 4) is 5.75 Å². The number of thiophene rings is 1. The highest BCUT2D eigenvalue weighted by Crippen LogP contribution is 2.37. The van der Waals surface area contributed by atoms with E-state index in [1.165, 1.54) is 22.5 Å². The van der Waals surface area contributed by atoms with E-state index >= 15 is 0 Å². The summed E-state index contributed by atoms with van der Waals surface area (Å²) in [5.74, 6) is 0.967. The molecule has 0 bridgehead atoms. The zero-order chi connectivity index (χ0) is 17.2. The van der Waals surface area contributed by atoms with Gasteiger partial charge in [-0.2, -0.15) is 0 Å². The molecule has 2 heterocycles. The van der Waals surface area contributed by atoms with Crippen molar-refractivity contribution < 1.29 is 9.53 Å². The molecule has 0 aliphatic carbocycles. The van der Waals surface area contributed by atoms with E-state index in [2.05, 4.69) is 24.3 Å². The van der Waals surface area contributed by atoms with Crippen LogP contribution in [0.3, 0.4) is 0 Å². The average Bonchev–Trinajstić information content (AvgIpc) is 3.21. The first kappa shape index (κ1) is 15.9. The van der Waals surface area contributed by atoms with Crippen LogP contribution in [0.4, 0.5) is 0 Å². The number of fused-ring (bicyclic) bond motifs is 1. The van der Waals surface area contributed by atoms with Gasteiger partial charge in [-0.1, -0.05) is 42.5 Å². The lowest BCUT2D eigenvalue weighted by atomic mass is 9.88. The molecule has 1 atom stereocenters. The number of amides is 1. The minimum atomic E-state index is -0.0644. The molecule has 25 heavy (non-hydrogen) atoms. The molecule has 1 aliphatic rings. The number of carbonyl (C=O) groups excluding carboxylic acids is 1. The van der Waals surface area contributed by atoms with Crippen LogP contribution >= 0.6 is 11.3 Å². The van der Waals surface area contributed by atoms with Crippen molar-refractivity contribution >= 4 is 17.2 Å². The molecule has 0 radical (unpaired) electrons. The highest BCUT2D eigenvalue weighted by molar-refractivity contribution is 7.12. The Balaban J connectivity index is 1.81. The van der Waals surface area contributed by atoms with E-state index in [-0.39, 0.29) is 11.9 Å². The molecule has 1 aromatic heterocycles. The van der Waals surface area contributed by atoms with Gasteiger partial charge in [-0.3, -0.25) is 4.79 Å². The molecule has 1 amide bonds. The van der Waals surface area contributed by atoms with Crippen LogP contribution in [0, 0.1) is 0 Å². The van der Waals surface area contributed by atoms with E-state index in [4.69, 9.17) is 4.74 Å². The third-order valence-corrected chi connectivity index (χ3v) is 5.54. The van der Waals surface area contributed by atoms with Crippen molar-refractivity contribution in [3.05, 3.63) is 87.6 Å². The van der Waals surface area contributed by atoms with Crippen LogP contribution in [0.25, 0.3) is 0 Å². The van der Waals surface area contributed by atoms with Gasteiger partial charge in [0.05, 0.1) is 18.0 Å². The first-order valence-electron chi connectivity index (χ1n) is 8.34. The summed E-state index contributed by atoms with van der Waals surface area (Å²) in [5.41, 5.74) is 3.57. The molecule has 0 spiro atoms. The largest absolute Gasteiger partial charge is 0.497 e. The number of carbonyl (C=O) groups is 1. The molecule has 3 nitrogen and oxygen atoms in total. The van der Waals surface area contributed by atoms with Crippen molar-refractivity contribution in [1.82, 2.24) is 4.90 Å². The van der Waals surface area contributed by atoms with Crippen LogP contribution in [0.2, 0.25) is 0 Å². The monoisotopic (exact) mass is 349 g/mol. The second-order valence-corrected chi connectivity index (χ2v) is 7.05. The third kappa shape index (κ3) is 2.94. The van der Waals surface area contributed by atoms with Crippen LogP contribution in [0.1, 0.15) is 32.4 Å².